The Morgan fingerprint density at radius 3 is 2.52 bits per heavy atom. The summed E-state index contributed by atoms with van der Waals surface area (Å²) < 4.78 is 2.02. The minimum absolute atomic E-state index is 0.183. The molecule has 1 aliphatic heterocycles. The Bertz CT molecular complexity index is 1320. The van der Waals surface area contributed by atoms with Crippen molar-refractivity contribution in [3.63, 3.8) is 0 Å². The van der Waals surface area contributed by atoms with Crippen molar-refractivity contribution in [2.24, 2.45) is 4.99 Å². The number of hydrogen-bond acceptors (Lipinski definition) is 4. The predicted molar refractivity (Wildman–Crippen MR) is 134 cm³/mol. The van der Waals surface area contributed by atoms with Gasteiger partial charge >= 0.3 is 5.97 Å². The number of carbonyl (C=O) groups excluding carboxylic acids is 1. The van der Waals surface area contributed by atoms with Crippen molar-refractivity contribution in [2.45, 2.75) is 34.1 Å². The fourth-order valence-electron chi connectivity index (χ4n) is 3.83. The predicted octanol–water partition coefficient (Wildman–Crippen LogP) is 5.55. The molecule has 168 valence electrons. The smallest absolute Gasteiger partial charge is 0.335 e. The Morgan fingerprint density at radius 1 is 1.12 bits per heavy atom. The normalized spacial score (nSPS) is 15.9. The van der Waals surface area contributed by atoms with Crippen LogP contribution in [0.1, 0.15) is 45.4 Å². The van der Waals surface area contributed by atoms with Gasteiger partial charge in [0, 0.05) is 17.1 Å². The molecule has 3 aromatic rings. The summed E-state index contributed by atoms with van der Waals surface area (Å²) in [5.41, 5.74) is 6.84. The Hall–Kier alpha value is -3.58. The van der Waals surface area contributed by atoms with E-state index in [1.54, 1.807) is 12.1 Å². The first-order valence-corrected chi connectivity index (χ1v) is 11.5. The van der Waals surface area contributed by atoms with Crippen molar-refractivity contribution in [1.82, 2.24) is 9.88 Å². The lowest BCUT2D eigenvalue weighted by Gasteiger charge is -2.13. The fraction of sp³-hybridized carbons (Fsp3) is 0.192. The number of hydrogen-bond donors (Lipinski definition) is 2. The number of nitrogens with zero attached hydrogens (tertiary/aromatic N) is 2. The number of carboxylic acids is 1. The highest BCUT2D eigenvalue weighted by Gasteiger charge is 2.25. The number of amidine groups is 1. The second-order valence-electron chi connectivity index (χ2n) is 7.97. The number of rotatable bonds is 5. The zero-order valence-electron chi connectivity index (χ0n) is 19.0. The number of amides is 1. The summed E-state index contributed by atoms with van der Waals surface area (Å²) in [5, 5.41) is 12.8. The first kappa shape index (κ1) is 22.6. The number of carbonyl (C=O) groups is 2. The summed E-state index contributed by atoms with van der Waals surface area (Å²) in [6.45, 7) is 7.99. The van der Waals surface area contributed by atoms with Crippen LogP contribution in [0.4, 0.5) is 5.69 Å². The summed E-state index contributed by atoms with van der Waals surface area (Å²) in [5.74, 6) is -1.14. The number of thioether (sulfide) groups is 1. The lowest BCUT2D eigenvalue weighted by molar-refractivity contribution is -0.115. The van der Waals surface area contributed by atoms with Crippen LogP contribution >= 0.6 is 11.8 Å². The lowest BCUT2D eigenvalue weighted by Crippen LogP contribution is -2.19. The van der Waals surface area contributed by atoms with Gasteiger partial charge in [-0.05, 0) is 92.1 Å². The molecule has 1 amide bonds. The van der Waals surface area contributed by atoms with Crippen molar-refractivity contribution in [3.05, 3.63) is 87.1 Å². The van der Waals surface area contributed by atoms with E-state index >= 15 is 0 Å². The SMILES string of the molecule is CCc1ccc(N=C2NC(=O)/C(=C/c3cc(C)n(-c4cc(C(=O)O)ccc4C)c3C)S2)cc1. The lowest BCUT2D eigenvalue weighted by atomic mass is 10.1. The van der Waals surface area contributed by atoms with E-state index in [4.69, 9.17) is 0 Å². The highest BCUT2D eigenvalue weighted by Crippen LogP contribution is 2.31. The Kier molecular flexibility index (Phi) is 6.24. The molecule has 2 aromatic carbocycles. The molecule has 1 fully saturated rings. The van der Waals surface area contributed by atoms with Gasteiger partial charge in [-0.1, -0.05) is 25.1 Å². The van der Waals surface area contributed by atoms with Gasteiger partial charge in [0.15, 0.2) is 5.17 Å². The van der Waals surface area contributed by atoms with E-state index < -0.39 is 5.97 Å². The van der Waals surface area contributed by atoms with Gasteiger partial charge in [0.2, 0.25) is 0 Å². The minimum Gasteiger partial charge on any atom is -0.478 e. The Labute approximate surface area is 197 Å². The zero-order valence-corrected chi connectivity index (χ0v) is 19.8. The summed E-state index contributed by atoms with van der Waals surface area (Å²) in [7, 11) is 0. The molecular weight excluding hydrogens is 434 g/mol. The van der Waals surface area contributed by atoms with Gasteiger partial charge in [0.1, 0.15) is 0 Å². The van der Waals surface area contributed by atoms with E-state index in [0.29, 0.717) is 10.1 Å². The van der Waals surface area contributed by atoms with Crippen LogP contribution in [0.5, 0.6) is 0 Å². The Balaban J connectivity index is 1.65. The van der Waals surface area contributed by atoms with E-state index in [-0.39, 0.29) is 11.5 Å². The molecule has 0 spiro atoms. The number of aromatic carboxylic acids is 1. The van der Waals surface area contributed by atoms with Crippen molar-refractivity contribution >= 4 is 40.6 Å². The monoisotopic (exact) mass is 459 g/mol. The van der Waals surface area contributed by atoms with Gasteiger partial charge in [-0.25, -0.2) is 9.79 Å². The molecule has 1 aliphatic rings. The highest BCUT2D eigenvalue weighted by atomic mass is 32.2. The summed E-state index contributed by atoms with van der Waals surface area (Å²) in [4.78, 5) is 29.1. The van der Waals surface area contributed by atoms with Crippen LogP contribution in [0, 0.1) is 20.8 Å². The third kappa shape index (κ3) is 4.64. The van der Waals surface area contributed by atoms with Crippen molar-refractivity contribution in [3.8, 4) is 5.69 Å². The first-order valence-electron chi connectivity index (χ1n) is 10.7. The van der Waals surface area contributed by atoms with Crippen LogP contribution in [0.15, 0.2) is 58.4 Å². The topological polar surface area (TPSA) is 83.7 Å². The zero-order chi connectivity index (χ0) is 23.7. The van der Waals surface area contributed by atoms with Crippen LogP contribution in [0.2, 0.25) is 0 Å². The van der Waals surface area contributed by atoms with Gasteiger partial charge in [-0.15, -0.1) is 0 Å². The van der Waals surface area contributed by atoms with E-state index in [9.17, 15) is 14.7 Å². The number of carboxylic acid groups (broad SMARTS) is 1. The second-order valence-corrected chi connectivity index (χ2v) is 9.00. The quantitative estimate of drug-likeness (QED) is 0.490. The maximum absolute atomic E-state index is 12.6. The molecule has 7 heteroatoms. The molecule has 2 N–H and O–H groups in total. The molecule has 2 heterocycles. The number of benzene rings is 2. The largest absolute Gasteiger partial charge is 0.478 e. The van der Waals surface area contributed by atoms with E-state index in [1.807, 2.05) is 67.8 Å². The van der Waals surface area contributed by atoms with E-state index in [1.165, 1.54) is 17.3 Å². The molecular formula is C26H25N3O3S. The molecule has 6 nitrogen and oxygen atoms in total. The van der Waals surface area contributed by atoms with Gasteiger partial charge in [-0.2, -0.15) is 0 Å². The van der Waals surface area contributed by atoms with Crippen molar-refractivity contribution in [2.75, 3.05) is 0 Å². The molecule has 0 saturated carbocycles. The molecule has 0 aliphatic carbocycles. The van der Waals surface area contributed by atoms with Crippen LogP contribution < -0.4 is 5.32 Å². The van der Waals surface area contributed by atoms with Gasteiger partial charge in [0.25, 0.3) is 5.91 Å². The molecule has 4 rings (SSSR count). The highest BCUT2D eigenvalue weighted by molar-refractivity contribution is 8.18. The van der Waals surface area contributed by atoms with Crippen molar-refractivity contribution < 1.29 is 14.7 Å². The minimum atomic E-state index is -0.962. The number of nitrogens with one attached hydrogen (secondary N) is 1. The first-order chi connectivity index (χ1) is 15.8. The molecule has 0 bridgehead atoms. The molecule has 0 unspecified atom stereocenters. The van der Waals surface area contributed by atoms with Gasteiger partial charge in [-0.3, -0.25) is 4.79 Å². The van der Waals surface area contributed by atoms with E-state index in [0.717, 1.165) is 40.3 Å². The van der Waals surface area contributed by atoms with Gasteiger partial charge in [0.05, 0.1) is 16.2 Å². The average molecular weight is 460 g/mol. The number of aliphatic imine (C=N–C) groups is 1. The van der Waals surface area contributed by atoms with Crippen LogP contribution in [0.3, 0.4) is 0 Å². The number of aryl methyl sites for hydroxylation is 3. The summed E-state index contributed by atoms with van der Waals surface area (Å²) in [6.07, 6.45) is 2.83. The Morgan fingerprint density at radius 2 is 1.85 bits per heavy atom. The maximum Gasteiger partial charge on any atom is 0.335 e. The third-order valence-corrected chi connectivity index (χ3v) is 6.59. The number of aromatic nitrogens is 1. The molecule has 0 atom stereocenters. The molecule has 1 saturated heterocycles. The maximum atomic E-state index is 12.6. The summed E-state index contributed by atoms with van der Waals surface area (Å²) in [6, 6.07) is 15.1. The van der Waals surface area contributed by atoms with Crippen LogP contribution in [-0.4, -0.2) is 26.7 Å². The van der Waals surface area contributed by atoms with E-state index in [2.05, 4.69) is 17.2 Å². The molecule has 0 radical (unpaired) electrons. The standard InChI is InChI=1S/C26H25N3O3S/c1-5-18-7-10-21(11-8-18)27-26-28-24(30)23(33-26)14-20-12-16(3)29(17(20)4)22-13-19(25(31)32)9-6-15(22)2/h6-14H,5H2,1-4H3,(H,31,32)(H,27,28,30)/b23-14-. The fourth-order valence-corrected chi connectivity index (χ4v) is 4.67. The van der Waals surface area contributed by atoms with Crippen LogP contribution in [-0.2, 0) is 11.2 Å². The van der Waals surface area contributed by atoms with Gasteiger partial charge < -0.3 is 15.0 Å². The van der Waals surface area contributed by atoms with Crippen LogP contribution in [0.25, 0.3) is 11.8 Å². The molecule has 33 heavy (non-hydrogen) atoms. The summed E-state index contributed by atoms with van der Waals surface area (Å²) >= 11 is 1.31. The molecule has 1 aromatic heterocycles. The second kappa shape index (κ2) is 9.11. The third-order valence-electron chi connectivity index (χ3n) is 5.68. The van der Waals surface area contributed by atoms with Crippen molar-refractivity contribution in [1.29, 1.82) is 0 Å². The average Bonchev–Trinajstić information content (AvgIpc) is 3.26.